The Labute approximate surface area is 115 Å². The van der Waals surface area contributed by atoms with E-state index in [2.05, 4.69) is 0 Å². The van der Waals surface area contributed by atoms with Crippen molar-refractivity contribution in [1.82, 2.24) is 0 Å². The SMILES string of the molecule is CCCCP(=O)(O)C(C)c1ccc(C)cc1.[AlH3]. The third kappa shape index (κ3) is 4.98. The standard InChI is InChI=1S/C13H21O2P.Al.3H/c1-4-5-10-16(14,15)12(3)13-8-6-11(2)7-9-13;;;;/h6-9,12H,4-5,10H2,1-3H3,(H,14,15);;;;. The van der Waals surface area contributed by atoms with Crippen LogP contribution in [0.1, 0.15) is 43.5 Å². The zero-order chi connectivity index (χ0) is 12.2. The van der Waals surface area contributed by atoms with E-state index in [-0.39, 0.29) is 23.0 Å². The Morgan fingerprint density at radius 3 is 2.29 bits per heavy atom. The van der Waals surface area contributed by atoms with Crippen LogP contribution in [0.2, 0.25) is 0 Å². The summed E-state index contributed by atoms with van der Waals surface area (Å²) in [7, 11) is -3.04. The van der Waals surface area contributed by atoms with Gasteiger partial charge < -0.3 is 4.89 Å². The highest BCUT2D eigenvalue weighted by molar-refractivity contribution is 7.58. The van der Waals surface area contributed by atoms with Crippen LogP contribution >= 0.6 is 7.37 Å². The molecule has 0 spiro atoms. The molecule has 0 saturated carbocycles. The van der Waals surface area contributed by atoms with Gasteiger partial charge in [0, 0.05) is 6.16 Å². The lowest BCUT2D eigenvalue weighted by molar-refractivity contribution is 0.464. The van der Waals surface area contributed by atoms with Gasteiger partial charge in [0.25, 0.3) is 0 Å². The normalized spacial score (nSPS) is 15.8. The number of rotatable bonds is 5. The van der Waals surface area contributed by atoms with Gasteiger partial charge in [-0.15, -0.1) is 0 Å². The van der Waals surface area contributed by atoms with Crippen LogP contribution in [0.15, 0.2) is 24.3 Å². The molecule has 0 aliphatic heterocycles. The van der Waals surface area contributed by atoms with E-state index < -0.39 is 7.37 Å². The lowest BCUT2D eigenvalue weighted by Gasteiger charge is -2.19. The van der Waals surface area contributed by atoms with Crippen LogP contribution in [-0.2, 0) is 4.57 Å². The van der Waals surface area contributed by atoms with Crippen LogP contribution < -0.4 is 0 Å². The first-order chi connectivity index (χ1) is 7.47. The first kappa shape index (κ1) is 16.9. The molecule has 0 radical (unpaired) electrons. The predicted molar refractivity (Wildman–Crippen MR) is 79.1 cm³/mol. The van der Waals surface area contributed by atoms with Gasteiger partial charge in [-0.1, -0.05) is 43.2 Å². The monoisotopic (exact) mass is 270 g/mol. The minimum Gasteiger partial charge on any atom is -0.344 e. The van der Waals surface area contributed by atoms with Crippen molar-refractivity contribution >= 4 is 24.7 Å². The maximum Gasteiger partial charge on any atom is 0.207 e. The van der Waals surface area contributed by atoms with E-state index in [1.54, 1.807) is 0 Å². The molecule has 0 aliphatic carbocycles. The van der Waals surface area contributed by atoms with Crippen LogP contribution in [0, 0.1) is 6.92 Å². The fraction of sp³-hybridized carbons (Fsp3) is 0.538. The number of unbranched alkanes of at least 4 members (excludes halogenated alkanes) is 1. The summed E-state index contributed by atoms with van der Waals surface area (Å²) in [5, 5.41) is 0. The van der Waals surface area contributed by atoms with Crippen molar-refractivity contribution in [2.75, 3.05) is 6.16 Å². The molecule has 0 aliphatic rings. The number of benzene rings is 1. The Kier molecular flexibility index (Phi) is 7.37. The van der Waals surface area contributed by atoms with Crippen molar-refractivity contribution in [3.8, 4) is 0 Å². The molecule has 0 aromatic heterocycles. The smallest absolute Gasteiger partial charge is 0.207 e. The van der Waals surface area contributed by atoms with Crippen molar-refractivity contribution in [3.05, 3.63) is 35.4 Å². The molecule has 4 heteroatoms. The zero-order valence-electron chi connectivity index (χ0n) is 10.3. The molecule has 0 bridgehead atoms. The molecule has 2 unspecified atom stereocenters. The molecule has 0 amide bonds. The number of hydrogen-bond donors (Lipinski definition) is 1. The largest absolute Gasteiger partial charge is 0.344 e. The van der Waals surface area contributed by atoms with Gasteiger partial charge in [0.05, 0.1) is 5.66 Å². The van der Waals surface area contributed by atoms with E-state index in [0.717, 1.165) is 18.4 Å². The second-order valence-corrected chi connectivity index (χ2v) is 7.15. The predicted octanol–water partition coefficient (Wildman–Crippen LogP) is 2.94. The molecule has 2 atom stereocenters. The Morgan fingerprint density at radius 2 is 1.82 bits per heavy atom. The molecular formula is C13H24AlO2P. The van der Waals surface area contributed by atoms with E-state index in [9.17, 15) is 9.46 Å². The molecule has 0 fully saturated rings. The molecule has 0 saturated heterocycles. The first-order valence-corrected chi connectivity index (χ1v) is 7.77. The molecular weight excluding hydrogens is 246 g/mol. The molecule has 1 aromatic rings. The van der Waals surface area contributed by atoms with E-state index >= 15 is 0 Å². The van der Waals surface area contributed by atoms with Crippen molar-refractivity contribution in [2.24, 2.45) is 0 Å². The third-order valence-corrected chi connectivity index (χ3v) is 5.46. The van der Waals surface area contributed by atoms with Crippen LogP contribution in [0.3, 0.4) is 0 Å². The summed E-state index contributed by atoms with van der Waals surface area (Å²) in [5.74, 6) is 0. The first-order valence-electron chi connectivity index (χ1n) is 5.85. The highest BCUT2D eigenvalue weighted by atomic mass is 31.2. The Morgan fingerprint density at radius 1 is 1.29 bits per heavy atom. The molecule has 0 heterocycles. The van der Waals surface area contributed by atoms with Gasteiger partial charge in [-0.2, -0.15) is 0 Å². The summed E-state index contributed by atoms with van der Waals surface area (Å²) in [4.78, 5) is 9.99. The maximum absolute atomic E-state index is 12.1. The lowest BCUT2D eigenvalue weighted by Crippen LogP contribution is -1.99. The average molecular weight is 270 g/mol. The highest BCUT2D eigenvalue weighted by Gasteiger charge is 2.27. The Hall–Kier alpha value is -0.0575. The quantitative estimate of drug-likeness (QED) is 0.659. The zero-order valence-corrected chi connectivity index (χ0v) is 11.2. The molecule has 2 nitrogen and oxygen atoms in total. The topological polar surface area (TPSA) is 37.3 Å². The number of aryl methyl sites for hydroxylation is 1. The molecule has 17 heavy (non-hydrogen) atoms. The summed E-state index contributed by atoms with van der Waals surface area (Å²) in [6.45, 7) is 5.90. The molecule has 1 N–H and O–H groups in total. The maximum atomic E-state index is 12.1. The van der Waals surface area contributed by atoms with Gasteiger partial charge >= 0.3 is 0 Å². The van der Waals surface area contributed by atoms with Gasteiger partial charge in [-0.25, -0.2) is 0 Å². The highest BCUT2D eigenvalue weighted by Crippen LogP contribution is 2.55. The van der Waals surface area contributed by atoms with Gasteiger partial charge in [0.15, 0.2) is 17.4 Å². The van der Waals surface area contributed by atoms with Crippen molar-refractivity contribution < 1.29 is 9.46 Å². The van der Waals surface area contributed by atoms with Crippen LogP contribution in [0.25, 0.3) is 0 Å². The minimum atomic E-state index is -3.04. The third-order valence-electron chi connectivity index (χ3n) is 3.00. The summed E-state index contributed by atoms with van der Waals surface area (Å²) in [6, 6.07) is 7.89. The van der Waals surface area contributed by atoms with E-state index in [1.807, 2.05) is 45.0 Å². The van der Waals surface area contributed by atoms with Gasteiger partial charge in [-0.3, -0.25) is 4.57 Å². The average Bonchev–Trinajstić information content (AvgIpc) is 2.26. The van der Waals surface area contributed by atoms with E-state index in [1.165, 1.54) is 5.56 Å². The van der Waals surface area contributed by atoms with Crippen molar-refractivity contribution in [3.63, 3.8) is 0 Å². The second kappa shape index (κ2) is 7.39. The van der Waals surface area contributed by atoms with E-state index in [0.29, 0.717) is 6.16 Å². The Balaban J connectivity index is 0.00000256. The van der Waals surface area contributed by atoms with Crippen LogP contribution in [0.4, 0.5) is 0 Å². The second-order valence-electron chi connectivity index (χ2n) is 4.42. The van der Waals surface area contributed by atoms with E-state index in [4.69, 9.17) is 0 Å². The van der Waals surface area contributed by atoms with Crippen molar-refractivity contribution in [1.29, 1.82) is 0 Å². The Bertz CT molecular complexity index is 376. The van der Waals surface area contributed by atoms with Crippen LogP contribution in [0.5, 0.6) is 0 Å². The van der Waals surface area contributed by atoms with Gasteiger partial charge in [-0.05, 0) is 25.8 Å². The molecule has 96 valence electrons. The molecule has 1 aromatic carbocycles. The number of hydrogen-bond acceptors (Lipinski definition) is 1. The summed E-state index contributed by atoms with van der Waals surface area (Å²) >= 11 is 0. The van der Waals surface area contributed by atoms with Gasteiger partial charge in [0.1, 0.15) is 0 Å². The fourth-order valence-electron chi connectivity index (χ4n) is 1.66. The lowest BCUT2D eigenvalue weighted by atomic mass is 10.1. The minimum absolute atomic E-state index is 0. The summed E-state index contributed by atoms with van der Waals surface area (Å²) in [6.07, 6.45) is 2.22. The summed E-state index contributed by atoms with van der Waals surface area (Å²) in [5.41, 5.74) is 1.89. The van der Waals surface area contributed by atoms with Crippen molar-refractivity contribution in [2.45, 2.75) is 39.3 Å². The fourth-order valence-corrected chi connectivity index (χ4v) is 3.45. The van der Waals surface area contributed by atoms with Gasteiger partial charge in [0.2, 0.25) is 7.37 Å². The summed E-state index contributed by atoms with van der Waals surface area (Å²) < 4.78 is 12.1. The molecule has 1 rings (SSSR count). The van der Waals surface area contributed by atoms with Crippen LogP contribution in [-0.4, -0.2) is 28.4 Å².